The minimum atomic E-state index is -2.57. The predicted octanol–water partition coefficient (Wildman–Crippen LogP) is 2.33. The molecule has 3 heterocycles. The molecule has 7 nitrogen and oxygen atoms in total. The van der Waals surface area contributed by atoms with Crippen molar-refractivity contribution in [3.63, 3.8) is 0 Å². The van der Waals surface area contributed by atoms with Crippen LogP contribution in [-0.2, 0) is 6.54 Å². The number of oxazole rings is 1. The number of H-pyrrole nitrogens is 1. The van der Waals surface area contributed by atoms with Crippen molar-refractivity contribution in [2.24, 2.45) is 0 Å². The molecule has 4 aromatic rings. The first-order valence-corrected chi connectivity index (χ1v) is 6.81. The molecule has 24 heavy (non-hydrogen) atoms. The Labute approximate surface area is 130 Å². The van der Waals surface area contributed by atoms with Gasteiger partial charge in [0.15, 0.2) is 17.0 Å². The largest absolute Gasteiger partial charge is 0.417 e. The molecule has 10 heteroatoms. The van der Waals surface area contributed by atoms with E-state index in [1.54, 1.807) is 0 Å². The normalized spacial score (nSPS) is 11.8. The van der Waals surface area contributed by atoms with Gasteiger partial charge in [-0.2, -0.15) is 5.10 Å². The van der Waals surface area contributed by atoms with Gasteiger partial charge in [0.2, 0.25) is 0 Å². The number of hydrogen-bond donors (Lipinski definition) is 1. The Kier molecular flexibility index (Phi) is 3.12. The van der Waals surface area contributed by atoms with Crippen LogP contribution in [0.3, 0.4) is 0 Å². The van der Waals surface area contributed by atoms with Crippen LogP contribution in [0.5, 0.6) is 0 Å². The Morgan fingerprint density at radius 3 is 2.92 bits per heavy atom. The highest BCUT2D eigenvalue weighted by molar-refractivity contribution is 5.90. The summed E-state index contributed by atoms with van der Waals surface area (Å²) in [5.41, 5.74) is 1.07. The zero-order chi connectivity index (χ0) is 16.8. The summed E-state index contributed by atoms with van der Waals surface area (Å²) in [5.74, 6) is -1.44. The fourth-order valence-electron chi connectivity index (χ4n) is 2.46. The number of rotatable bonds is 3. The van der Waals surface area contributed by atoms with Crippen LogP contribution >= 0.6 is 0 Å². The average Bonchev–Trinajstić information content (AvgIpc) is 3.11. The molecule has 0 amide bonds. The van der Waals surface area contributed by atoms with Gasteiger partial charge in [-0.05, 0) is 12.1 Å². The second-order valence-electron chi connectivity index (χ2n) is 5.00. The number of benzene rings is 1. The third-order valence-electron chi connectivity index (χ3n) is 3.46. The first kappa shape index (κ1) is 14.4. The monoisotopic (exact) mass is 335 g/mol. The third kappa shape index (κ3) is 2.23. The Bertz CT molecular complexity index is 1110. The summed E-state index contributed by atoms with van der Waals surface area (Å²) in [4.78, 5) is 21.9. The highest BCUT2D eigenvalue weighted by atomic mass is 19.3. The van der Waals surface area contributed by atoms with Crippen LogP contribution < -0.4 is 5.76 Å². The highest BCUT2D eigenvalue weighted by Gasteiger charge is 2.16. The molecule has 0 radical (unpaired) electrons. The van der Waals surface area contributed by atoms with Crippen molar-refractivity contribution in [3.05, 3.63) is 40.9 Å². The summed E-state index contributed by atoms with van der Waals surface area (Å²) in [7, 11) is 0. The third-order valence-corrected chi connectivity index (χ3v) is 3.46. The van der Waals surface area contributed by atoms with Crippen LogP contribution in [0.2, 0.25) is 0 Å². The zero-order valence-corrected chi connectivity index (χ0v) is 11.8. The lowest BCUT2D eigenvalue weighted by atomic mass is 10.1. The lowest BCUT2D eigenvalue weighted by Gasteiger charge is -2.03. The van der Waals surface area contributed by atoms with Gasteiger partial charge in [-0.15, -0.1) is 0 Å². The first-order chi connectivity index (χ1) is 11.5. The molecule has 0 atom stereocenters. The van der Waals surface area contributed by atoms with Crippen molar-refractivity contribution in [2.45, 2.75) is 13.0 Å². The van der Waals surface area contributed by atoms with Crippen molar-refractivity contribution in [1.82, 2.24) is 24.7 Å². The molecule has 0 unspecified atom stereocenters. The van der Waals surface area contributed by atoms with Crippen molar-refractivity contribution in [3.8, 4) is 11.3 Å². The fraction of sp³-hybridized carbons (Fsp3) is 0.143. The smallest absolute Gasteiger partial charge is 0.407 e. The van der Waals surface area contributed by atoms with Gasteiger partial charge >= 0.3 is 5.76 Å². The number of hydrogen-bond acceptors (Lipinski definition) is 5. The molecular formula is C14H8F3N5O2. The molecule has 0 saturated carbocycles. The van der Waals surface area contributed by atoms with Crippen LogP contribution in [0, 0.1) is 5.82 Å². The molecule has 1 N–H and O–H groups in total. The number of alkyl halides is 2. The summed E-state index contributed by atoms with van der Waals surface area (Å²) in [5, 5.41) is 3.82. The molecule has 0 aliphatic rings. The molecule has 3 aromatic heterocycles. The van der Waals surface area contributed by atoms with Gasteiger partial charge in [-0.25, -0.2) is 32.6 Å². The number of aromatic amines is 1. The van der Waals surface area contributed by atoms with E-state index in [1.807, 2.05) is 0 Å². The molecule has 4 rings (SSSR count). The molecule has 0 saturated heterocycles. The number of fused-ring (bicyclic) bond motifs is 2. The van der Waals surface area contributed by atoms with Gasteiger partial charge in [0, 0.05) is 5.56 Å². The van der Waals surface area contributed by atoms with E-state index >= 15 is 0 Å². The highest BCUT2D eigenvalue weighted by Crippen LogP contribution is 2.28. The van der Waals surface area contributed by atoms with Crippen molar-refractivity contribution in [2.75, 3.05) is 0 Å². The maximum atomic E-state index is 13.7. The van der Waals surface area contributed by atoms with Crippen molar-refractivity contribution >= 4 is 22.3 Å². The number of aromatic nitrogens is 5. The quantitative estimate of drug-likeness (QED) is 0.621. The molecule has 0 spiro atoms. The molecule has 0 bridgehead atoms. The van der Waals surface area contributed by atoms with Gasteiger partial charge in [0.05, 0.1) is 18.1 Å². The molecule has 0 aliphatic heterocycles. The van der Waals surface area contributed by atoms with Crippen LogP contribution in [-0.4, -0.2) is 31.2 Å². The minimum absolute atomic E-state index is 0.00798. The average molecular weight is 335 g/mol. The summed E-state index contributed by atoms with van der Waals surface area (Å²) in [6.45, 7) is -0.592. The Morgan fingerprint density at radius 2 is 2.12 bits per heavy atom. The Balaban J connectivity index is 1.88. The van der Waals surface area contributed by atoms with E-state index < -0.39 is 24.5 Å². The van der Waals surface area contributed by atoms with Gasteiger partial charge < -0.3 is 4.42 Å². The second kappa shape index (κ2) is 5.18. The van der Waals surface area contributed by atoms with Gasteiger partial charge in [-0.3, -0.25) is 4.98 Å². The first-order valence-electron chi connectivity index (χ1n) is 6.81. The summed E-state index contributed by atoms with van der Waals surface area (Å²) in [6.07, 6.45) is 0.0638. The van der Waals surface area contributed by atoms with Crippen LogP contribution in [0.4, 0.5) is 13.2 Å². The minimum Gasteiger partial charge on any atom is -0.407 e. The Morgan fingerprint density at radius 1 is 1.29 bits per heavy atom. The van der Waals surface area contributed by atoms with Gasteiger partial charge in [-0.1, -0.05) is 0 Å². The lowest BCUT2D eigenvalue weighted by molar-refractivity contribution is 0.123. The van der Waals surface area contributed by atoms with E-state index in [0.29, 0.717) is 16.8 Å². The zero-order valence-electron chi connectivity index (χ0n) is 11.8. The van der Waals surface area contributed by atoms with Crippen LogP contribution in [0.15, 0.2) is 33.7 Å². The van der Waals surface area contributed by atoms with E-state index in [4.69, 9.17) is 4.42 Å². The maximum absolute atomic E-state index is 13.7. The standard InChI is InChI=1S/C14H8F3N5O2/c15-7-2-1-6(12-11(7)21-14(23)24-12)8-3-18-13-9(20-8)4-19-22(13)5-10(16)17/h1-4,10H,5H2,(H,21,23). The molecule has 1 aromatic carbocycles. The van der Waals surface area contributed by atoms with Crippen LogP contribution in [0.25, 0.3) is 33.5 Å². The predicted molar refractivity (Wildman–Crippen MR) is 77.1 cm³/mol. The van der Waals surface area contributed by atoms with Gasteiger partial charge in [0.25, 0.3) is 6.43 Å². The molecule has 0 fully saturated rings. The van der Waals surface area contributed by atoms with Gasteiger partial charge in [0.1, 0.15) is 17.6 Å². The Hall–Kier alpha value is -3.17. The SMILES string of the molecule is O=c1[nH]c2c(F)ccc(-c3cnc4c(cnn4CC(F)F)n3)c2o1. The van der Waals surface area contributed by atoms with E-state index in [9.17, 15) is 18.0 Å². The maximum Gasteiger partial charge on any atom is 0.417 e. The van der Waals surface area contributed by atoms with Crippen molar-refractivity contribution < 1.29 is 17.6 Å². The molecule has 0 aliphatic carbocycles. The van der Waals surface area contributed by atoms with E-state index in [2.05, 4.69) is 20.1 Å². The lowest BCUT2D eigenvalue weighted by Crippen LogP contribution is -2.08. The van der Waals surface area contributed by atoms with E-state index in [-0.39, 0.29) is 16.7 Å². The number of nitrogens with one attached hydrogen (secondary N) is 1. The number of halogens is 3. The topological polar surface area (TPSA) is 89.6 Å². The van der Waals surface area contributed by atoms with E-state index in [0.717, 1.165) is 10.7 Å². The fourth-order valence-corrected chi connectivity index (χ4v) is 2.46. The summed E-state index contributed by atoms with van der Waals surface area (Å²) in [6, 6.07) is 2.56. The summed E-state index contributed by atoms with van der Waals surface area (Å²) < 4.78 is 44.7. The molecular weight excluding hydrogens is 327 g/mol. The summed E-state index contributed by atoms with van der Waals surface area (Å²) >= 11 is 0. The van der Waals surface area contributed by atoms with Crippen LogP contribution in [0.1, 0.15) is 0 Å². The van der Waals surface area contributed by atoms with E-state index in [1.165, 1.54) is 18.5 Å². The molecule has 122 valence electrons. The number of nitrogens with zero attached hydrogens (tertiary/aromatic N) is 4. The van der Waals surface area contributed by atoms with Crippen molar-refractivity contribution in [1.29, 1.82) is 0 Å². The second-order valence-corrected chi connectivity index (χ2v) is 5.00.